The lowest BCUT2D eigenvalue weighted by Gasteiger charge is -2.26. The summed E-state index contributed by atoms with van der Waals surface area (Å²) in [6.45, 7) is 8.23. The lowest BCUT2D eigenvalue weighted by molar-refractivity contribution is 0.0128. The molecule has 86 valence electrons. The molecule has 0 radical (unpaired) electrons. The number of aryl methyl sites for hydroxylation is 1. The second-order valence-corrected chi connectivity index (χ2v) is 5.52. The summed E-state index contributed by atoms with van der Waals surface area (Å²) in [6, 6.07) is 0.326. The van der Waals surface area contributed by atoms with E-state index in [0.717, 1.165) is 16.6 Å². The van der Waals surface area contributed by atoms with E-state index in [-0.39, 0.29) is 5.60 Å². The molecule has 0 amide bonds. The van der Waals surface area contributed by atoms with Crippen LogP contribution in [0.4, 0.5) is 5.13 Å². The number of aromatic nitrogens is 2. The number of ether oxygens (including phenoxy) is 1. The molecule has 0 fully saturated rings. The summed E-state index contributed by atoms with van der Waals surface area (Å²) in [5.74, 6) is 0. The van der Waals surface area contributed by atoms with Gasteiger partial charge in [0.25, 0.3) is 0 Å². The summed E-state index contributed by atoms with van der Waals surface area (Å²) in [4.78, 5) is 0. The molecule has 1 unspecified atom stereocenters. The van der Waals surface area contributed by atoms with Gasteiger partial charge in [0.15, 0.2) is 0 Å². The molecule has 0 aromatic carbocycles. The lowest BCUT2D eigenvalue weighted by atomic mass is 10.0. The van der Waals surface area contributed by atoms with Crippen LogP contribution >= 0.6 is 11.3 Å². The highest BCUT2D eigenvalue weighted by molar-refractivity contribution is 7.15. The molecule has 15 heavy (non-hydrogen) atoms. The van der Waals surface area contributed by atoms with Crippen molar-refractivity contribution in [3.63, 3.8) is 0 Å². The van der Waals surface area contributed by atoms with Crippen LogP contribution in [0, 0.1) is 6.92 Å². The summed E-state index contributed by atoms with van der Waals surface area (Å²) in [6.07, 6.45) is 0.933. The number of hydrogen-bond acceptors (Lipinski definition) is 5. The van der Waals surface area contributed by atoms with Gasteiger partial charge in [0.05, 0.1) is 5.60 Å². The van der Waals surface area contributed by atoms with E-state index in [2.05, 4.69) is 36.3 Å². The first-order chi connectivity index (χ1) is 6.93. The molecule has 4 nitrogen and oxygen atoms in total. The van der Waals surface area contributed by atoms with E-state index in [0.29, 0.717) is 6.04 Å². The molecule has 1 N–H and O–H groups in total. The molecule has 0 aliphatic rings. The Balaban J connectivity index is 2.46. The quantitative estimate of drug-likeness (QED) is 0.842. The number of methoxy groups -OCH3 is 1. The Bertz CT molecular complexity index is 311. The SMILES string of the molecule is COC(C)(C)CC(C)Nc1nnc(C)s1. The van der Waals surface area contributed by atoms with Crippen LogP contribution in [0.15, 0.2) is 0 Å². The first-order valence-corrected chi connectivity index (χ1v) is 5.86. The van der Waals surface area contributed by atoms with Crippen LogP contribution in [0.3, 0.4) is 0 Å². The molecule has 0 saturated carbocycles. The molecule has 1 aromatic rings. The van der Waals surface area contributed by atoms with Gasteiger partial charge in [-0.2, -0.15) is 0 Å². The highest BCUT2D eigenvalue weighted by Crippen LogP contribution is 2.20. The Morgan fingerprint density at radius 2 is 2.13 bits per heavy atom. The van der Waals surface area contributed by atoms with Crippen molar-refractivity contribution in [2.45, 2.75) is 45.8 Å². The minimum Gasteiger partial charge on any atom is -0.379 e. The molecule has 1 aromatic heterocycles. The molecule has 1 rings (SSSR count). The maximum Gasteiger partial charge on any atom is 0.205 e. The molecular formula is C10H19N3OS. The number of rotatable bonds is 5. The van der Waals surface area contributed by atoms with Crippen molar-refractivity contribution in [3.05, 3.63) is 5.01 Å². The summed E-state index contributed by atoms with van der Waals surface area (Å²) < 4.78 is 5.38. The van der Waals surface area contributed by atoms with E-state index in [9.17, 15) is 0 Å². The van der Waals surface area contributed by atoms with Crippen molar-refractivity contribution in [2.24, 2.45) is 0 Å². The van der Waals surface area contributed by atoms with E-state index in [1.807, 2.05) is 6.92 Å². The minimum absolute atomic E-state index is 0.105. The predicted molar refractivity (Wildman–Crippen MR) is 63.4 cm³/mol. The molecule has 5 heteroatoms. The topological polar surface area (TPSA) is 47.0 Å². The van der Waals surface area contributed by atoms with Gasteiger partial charge < -0.3 is 10.1 Å². The van der Waals surface area contributed by atoms with E-state index in [1.165, 1.54) is 0 Å². The molecule has 1 heterocycles. The standard InChI is InChI=1S/C10H19N3OS/c1-7(6-10(3,4)14-5)11-9-13-12-8(2)15-9/h7H,6H2,1-5H3,(H,11,13). The zero-order chi connectivity index (χ0) is 11.5. The fraction of sp³-hybridized carbons (Fsp3) is 0.800. The molecule has 0 aliphatic carbocycles. The third-order valence-electron chi connectivity index (χ3n) is 2.25. The number of hydrogen-bond donors (Lipinski definition) is 1. The monoisotopic (exact) mass is 229 g/mol. The van der Waals surface area contributed by atoms with Gasteiger partial charge in [0.1, 0.15) is 5.01 Å². The van der Waals surface area contributed by atoms with Gasteiger partial charge in [-0.25, -0.2) is 0 Å². The van der Waals surface area contributed by atoms with Crippen LogP contribution in [0.25, 0.3) is 0 Å². The lowest BCUT2D eigenvalue weighted by Crippen LogP contribution is -2.31. The third-order valence-corrected chi connectivity index (χ3v) is 3.02. The molecule has 0 bridgehead atoms. The second-order valence-electron chi connectivity index (χ2n) is 4.34. The fourth-order valence-corrected chi connectivity index (χ4v) is 2.14. The Hall–Kier alpha value is -0.680. The zero-order valence-electron chi connectivity index (χ0n) is 10.00. The average molecular weight is 229 g/mol. The molecule has 1 atom stereocenters. The molecule has 0 saturated heterocycles. The van der Waals surface area contributed by atoms with E-state index < -0.39 is 0 Å². The molecule has 0 spiro atoms. The van der Waals surface area contributed by atoms with E-state index in [1.54, 1.807) is 18.4 Å². The smallest absolute Gasteiger partial charge is 0.205 e. The van der Waals surface area contributed by atoms with Crippen molar-refractivity contribution in [3.8, 4) is 0 Å². The van der Waals surface area contributed by atoms with Crippen molar-refractivity contribution >= 4 is 16.5 Å². The summed E-state index contributed by atoms with van der Waals surface area (Å²) in [5.41, 5.74) is -0.105. The van der Waals surface area contributed by atoms with Gasteiger partial charge >= 0.3 is 0 Å². The fourth-order valence-electron chi connectivity index (χ4n) is 1.44. The predicted octanol–water partition coefficient (Wildman–Crippen LogP) is 2.46. The van der Waals surface area contributed by atoms with Crippen molar-refractivity contribution in [1.82, 2.24) is 10.2 Å². The summed E-state index contributed by atoms with van der Waals surface area (Å²) in [7, 11) is 1.74. The molecule has 0 aliphatic heterocycles. The van der Waals surface area contributed by atoms with Gasteiger partial charge in [0, 0.05) is 13.2 Å². The van der Waals surface area contributed by atoms with Crippen molar-refractivity contribution in [2.75, 3.05) is 12.4 Å². The van der Waals surface area contributed by atoms with Gasteiger partial charge in [-0.3, -0.25) is 0 Å². The van der Waals surface area contributed by atoms with Crippen LogP contribution in [-0.2, 0) is 4.74 Å². The van der Waals surface area contributed by atoms with Gasteiger partial charge in [0.2, 0.25) is 5.13 Å². The third kappa shape index (κ3) is 4.13. The zero-order valence-corrected chi connectivity index (χ0v) is 10.8. The number of anilines is 1. The normalized spacial score (nSPS) is 13.9. The van der Waals surface area contributed by atoms with Crippen molar-refractivity contribution in [1.29, 1.82) is 0 Å². The highest BCUT2D eigenvalue weighted by atomic mass is 32.1. The number of nitrogens with zero attached hydrogens (tertiary/aromatic N) is 2. The Morgan fingerprint density at radius 3 is 2.60 bits per heavy atom. The van der Waals surface area contributed by atoms with Crippen LogP contribution in [-0.4, -0.2) is 29.0 Å². The minimum atomic E-state index is -0.105. The summed E-state index contributed by atoms with van der Waals surface area (Å²) >= 11 is 1.58. The maximum atomic E-state index is 5.38. The van der Waals surface area contributed by atoms with E-state index >= 15 is 0 Å². The van der Waals surface area contributed by atoms with Gasteiger partial charge in [-0.1, -0.05) is 11.3 Å². The Morgan fingerprint density at radius 1 is 1.47 bits per heavy atom. The van der Waals surface area contributed by atoms with Crippen molar-refractivity contribution < 1.29 is 4.74 Å². The maximum absolute atomic E-state index is 5.38. The summed E-state index contributed by atoms with van der Waals surface area (Å²) in [5, 5.41) is 13.2. The van der Waals surface area contributed by atoms with E-state index in [4.69, 9.17) is 4.74 Å². The first-order valence-electron chi connectivity index (χ1n) is 5.05. The van der Waals surface area contributed by atoms with Gasteiger partial charge in [-0.15, -0.1) is 10.2 Å². The first kappa shape index (κ1) is 12.4. The van der Waals surface area contributed by atoms with Crippen LogP contribution in [0.1, 0.15) is 32.2 Å². The van der Waals surface area contributed by atoms with Crippen LogP contribution in [0.5, 0.6) is 0 Å². The van der Waals surface area contributed by atoms with Crippen LogP contribution < -0.4 is 5.32 Å². The Labute approximate surface area is 95.1 Å². The largest absolute Gasteiger partial charge is 0.379 e. The average Bonchev–Trinajstić information content (AvgIpc) is 2.50. The highest BCUT2D eigenvalue weighted by Gasteiger charge is 2.20. The second kappa shape index (κ2) is 4.90. The Kier molecular flexibility index (Phi) is 4.04. The molecular weight excluding hydrogens is 210 g/mol. The van der Waals surface area contributed by atoms with Gasteiger partial charge in [-0.05, 0) is 34.1 Å². The van der Waals surface area contributed by atoms with Crippen LogP contribution in [0.2, 0.25) is 0 Å². The number of nitrogens with one attached hydrogen (secondary N) is 1.